The third-order valence-corrected chi connectivity index (χ3v) is 4.51. The number of hydrogen-bond donors (Lipinski definition) is 0. The molecular formula is C13H14ClN2O4S-. The van der Waals surface area contributed by atoms with Gasteiger partial charge < -0.3 is 14.4 Å². The van der Waals surface area contributed by atoms with E-state index in [9.17, 15) is 18.4 Å². The maximum Gasteiger partial charge on any atom is 0.254 e. The highest BCUT2D eigenvalue weighted by Gasteiger charge is 2.23. The van der Waals surface area contributed by atoms with Crippen LogP contribution >= 0.6 is 11.6 Å². The molecule has 1 saturated heterocycles. The van der Waals surface area contributed by atoms with Crippen LogP contribution in [0.25, 0.3) is 0 Å². The van der Waals surface area contributed by atoms with Crippen molar-refractivity contribution in [3.63, 3.8) is 0 Å². The monoisotopic (exact) mass is 329 g/mol. The number of benzene rings is 1. The molecule has 114 valence electrons. The van der Waals surface area contributed by atoms with Crippen molar-refractivity contribution in [3.8, 4) is 0 Å². The summed E-state index contributed by atoms with van der Waals surface area (Å²) in [6.45, 7) is 3.31. The lowest BCUT2D eigenvalue weighted by molar-refractivity contribution is -0.130. The number of piperazine rings is 1. The Kier molecular flexibility index (Phi) is 4.97. The van der Waals surface area contributed by atoms with Crippen LogP contribution in [0.15, 0.2) is 23.1 Å². The Labute approximate surface area is 130 Å². The second-order valence-electron chi connectivity index (χ2n) is 4.68. The third-order valence-electron chi connectivity index (χ3n) is 3.37. The fourth-order valence-corrected chi connectivity index (χ4v) is 2.93. The topological polar surface area (TPSA) is 80.8 Å². The quantitative estimate of drug-likeness (QED) is 0.754. The van der Waals surface area contributed by atoms with Gasteiger partial charge in [0.05, 0.1) is 5.02 Å². The van der Waals surface area contributed by atoms with Gasteiger partial charge in [-0.1, -0.05) is 11.6 Å². The Morgan fingerprint density at radius 2 is 1.76 bits per heavy atom. The molecule has 0 aliphatic carbocycles. The number of nitrogens with zero attached hydrogens (tertiary/aromatic N) is 2. The average molecular weight is 330 g/mol. The first-order valence-electron chi connectivity index (χ1n) is 6.33. The van der Waals surface area contributed by atoms with Gasteiger partial charge in [0.25, 0.3) is 5.91 Å². The van der Waals surface area contributed by atoms with Crippen LogP contribution in [-0.2, 0) is 15.9 Å². The van der Waals surface area contributed by atoms with Crippen LogP contribution in [0.1, 0.15) is 17.3 Å². The van der Waals surface area contributed by atoms with Gasteiger partial charge in [0.15, 0.2) is 0 Å². The summed E-state index contributed by atoms with van der Waals surface area (Å²) >= 11 is 3.28. The molecule has 0 radical (unpaired) electrons. The molecule has 0 saturated carbocycles. The smallest absolute Gasteiger partial charge is 0.254 e. The lowest BCUT2D eigenvalue weighted by Gasteiger charge is -2.34. The van der Waals surface area contributed by atoms with E-state index >= 15 is 0 Å². The van der Waals surface area contributed by atoms with Gasteiger partial charge >= 0.3 is 0 Å². The summed E-state index contributed by atoms with van der Waals surface area (Å²) in [5, 5.41) is 0.0845. The number of carbonyl (C=O) groups excluding carboxylic acids is 2. The van der Waals surface area contributed by atoms with E-state index in [4.69, 9.17) is 11.6 Å². The molecule has 0 bridgehead atoms. The van der Waals surface area contributed by atoms with Gasteiger partial charge in [-0.05, 0) is 29.3 Å². The number of rotatable bonds is 2. The first-order chi connectivity index (χ1) is 9.90. The largest absolute Gasteiger partial charge is 0.768 e. The van der Waals surface area contributed by atoms with Crippen molar-refractivity contribution < 1.29 is 18.4 Å². The van der Waals surface area contributed by atoms with Crippen molar-refractivity contribution in [1.29, 1.82) is 0 Å². The summed E-state index contributed by atoms with van der Waals surface area (Å²) in [5.74, 6) is -0.279. The van der Waals surface area contributed by atoms with E-state index in [1.165, 1.54) is 25.1 Å². The molecule has 0 spiro atoms. The first kappa shape index (κ1) is 15.9. The summed E-state index contributed by atoms with van der Waals surface area (Å²) in [7, 11) is 0. The van der Waals surface area contributed by atoms with Gasteiger partial charge in [0.2, 0.25) is 5.91 Å². The van der Waals surface area contributed by atoms with Gasteiger partial charge in [-0.15, -0.1) is 0 Å². The SMILES string of the molecule is CC(=O)N1CCN(C(=O)c2ccc(Cl)c(S(=O)[O-])c2)CC1. The molecule has 1 aromatic rings. The summed E-state index contributed by atoms with van der Waals surface area (Å²) in [6.07, 6.45) is 0. The highest BCUT2D eigenvalue weighted by Crippen LogP contribution is 2.21. The fourth-order valence-electron chi connectivity index (χ4n) is 2.17. The Morgan fingerprint density at radius 3 is 2.29 bits per heavy atom. The lowest BCUT2D eigenvalue weighted by atomic mass is 10.2. The molecule has 6 nitrogen and oxygen atoms in total. The molecule has 2 rings (SSSR count). The van der Waals surface area contributed by atoms with E-state index in [2.05, 4.69) is 0 Å². The average Bonchev–Trinajstić information content (AvgIpc) is 2.46. The van der Waals surface area contributed by atoms with Crippen LogP contribution in [0.4, 0.5) is 0 Å². The van der Waals surface area contributed by atoms with Crippen LogP contribution in [0.5, 0.6) is 0 Å². The predicted molar refractivity (Wildman–Crippen MR) is 76.8 cm³/mol. The maximum absolute atomic E-state index is 12.3. The van der Waals surface area contributed by atoms with Gasteiger partial charge in [-0.2, -0.15) is 0 Å². The Bertz CT molecular complexity index is 600. The van der Waals surface area contributed by atoms with Crippen LogP contribution in [0.2, 0.25) is 5.02 Å². The van der Waals surface area contributed by atoms with E-state index < -0.39 is 11.1 Å². The number of amides is 2. The molecule has 1 fully saturated rings. The minimum absolute atomic E-state index is 0.0161. The van der Waals surface area contributed by atoms with E-state index in [-0.39, 0.29) is 27.3 Å². The zero-order valence-corrected chi connectivity index (χ0v) is 12.9. The van der Waals surface area contributed by atoms with Crippen molar-refractivity contribution in [1.82, 2.24) is 9.80 Å². The van der Waals surface area contributed by atoms with Crippen LogP contribution in [0, 0.1) is 0 Å². The highest BCUT2D eigenvalue weighted by molar-refractivity contribution is 7.79. The normalized spacial score (nSPS) is 16.7. The van der Waals surface area contributed by atoms with Crippen molar-refractivity contribution in [2.45, 2.75) is 11.8 Å². The molecule has 1 aliphatic rings. The molecule has 2 amide bonds. The summed E-state index contributed by atoms with van der Waals surface area (Å²) in [5.41, 5.74) is 0.273. The third kappa shape index (κ3) is 3.61. The highest BCUT2D eigenvalue weighted by atomic mass is 35.5. The summed E-state index contributed by atoms with van der Waals surface area (Å²) in [4.78, 5) is 26.8. The molecule has 1 atom stereocenters. The number of carbonyl (C=O) groups is 2. The van der Waals surface area contributed by atoms with Crippen molar-refractivity contribution >= 4 is 34.5 Å². The second kappa shape index (κ2) is 6.55. The van der Waals surface area contributed by atoms with Gasteiger partial charge in [0, 0.05) is 43.6 Å². The predicted octanol–water partition coefficient (Wildman–Crippen LogP) is 0.882. The van der Waals surface area contributed by atoms with Gasteiger partial charge in [-0.25, -0.2) is 0 Å². The molecule has 1 aliphatic heterocycles. The molecule has 1 heterocycles. The van der Waals surface area contributed by atoms with Crippen LogP contribution in [-0.4, -0.2) is 56.6 Å². The molecule has 0 N–H and O–H groups in total. The minimum Gasteiger partial charge on any atom is -0.768 e. The fraction of sp³-hybridized carbons (Fsp3) is 0.385. The lowest BCUT2D eigenvalue weighted by Crippen LogP contribution is -2.50. The second-order valence-corrected chi connectivity index (χ2v) is 5.99. The van der Waals surface area contributed by atoms with Crippen molar-refractivity contribution in [2.24, 2.45) is 0 Å². The van der Waals surface area contributed by atoms with E-state index in [1.807, 2.05) is 0 Å². The van der Waals surface area contributed by atoms with Crippen molar-refractivity contribution in [3.05, 3.63) is 28.8 Å². The maximum atomic E-state index is 12.3. The number of hydrogen-bond acceptors (Lipinski definition) is 4. The summed E-state index contributed by atoms with van der Waals surface area (Å²) < 4.78 is 22.1. The molecule has 0 aromatic heterocycles. The molecule has 1 unspecified atom stereocenters. The Morgan fingerprint density at radius 1 is 1.19 bits per heavy atom. The molecule has 21 heavy (non-hydrogen) atoms. The molecule has 8 heteroatoms. The minimum atomic E-state index is -2.49. The van der Waals surface area contributed by atoms with Crippen LogP contribution < -0.4 is 0 Å². The van der Waals surface area contributed by atoms with Gasteiger partial charge in [0.1, 0.15) is 0 Å². The van der Waals surface area contributed by atoms with Crippen molar-refractivity contribution in [2.75, 3.05) is 26.2 Å². The Balaban J connectivity index is 2.13. The van der Waals surface area contributed by atoms with E-state index in [0.29, 0.717) is 26.2 Å². The zero-order valence-electron chi connectivity index (χ0n) is 11.4. The van der Waals surface area contributed by atoms with E-state index in [1.54, 1.807) is 9.80 Å². The first-order valence-corrected chi connectivity index (χ1v) is 7.79. The zero-order chi connectivity index (χ0) is 15.6. The molecule has 1 aromatic carbocycles. The Hall–Kier alpha value is -1.44. The molecular weight excluding hydrogens is 316 g/mol. The van der Waals surface area contributed by atoms with E-state index in [0.717, 1.165) is 0 Å². The van der Waals surface area contributed by atoms with Gasteiger partial charge in [-0.3, -0.25) is 13.8 Å². The standard InChI is InChI=1S/C13H15ClN2O4S/c1-9(17)15-4-6-16(7-5-15)13(18)10-2-3-11(14)12(8-10)21(19)20/h2-3,8H,4-7H2,1H3,(H,19,20)/p-1. The summed E-state index contributed by atoms with van der Waals surface area (Å²) in [6, 6.07) is 4.16. The van der Waals surface area contributed by atoms with Crippen LogP contribution in [0.3, 0.4) is 0 Å². The number of halogens is 1.